The molecule has 6 amide bonds. The predicted molar refractivity (Wildman–Crippen MR) is 308 cm³/mol. The summed E-state index contributed by atoms with van der Waals surface area (Å²) in [4.78, 5) is 88.5. The van der Waals surface area contributed by atoms with Gasteiger partial charge in [-0.1, -0.05) is 0 Å². The number of rotatable bonds is 21. The van der Waals surface area contributed by atoms with Crippen LogP contribution in [0.4, 0.5) is 30.2 Å². The minimum absolute atomic E-state index is 0. The van der Waals surface area contributed by atoms with Crippen LogP contribution < -0.4 is 61.4 Å². The number of hydrogen-bond acceptors (Lipinski definition) is 12. The molecule has 0 unspecified atom stereocenters. The van der Waals surface area contributed by atoms with E-state index >= 15 is 0 Å². The number of ether oxygens (including phenoxy) is 6. The standard InChI is InChI=1S/C63H69F3N6O12.ClH.Li/c1-7-70(8-2)55(73)37-82-58-43-25-40(61(76)67-52-19-13-49(64)14-20-52)26-44(58)32-80-34-46-28-42(63(78)69-54-23-17-51(66)18-24-54)30-48(60(46)84-39-57(75)72(11-5)12-6)36-81-35-47-29-41(62(77)68-53-21-15-50(65)16-22-53)27-45(33-79-31-43)59(47)83-38-56(74)71(9-3)10-4;;/h13-30H,7-12,31-39H2,1-6H3,(H,67,76)(H,68,77)(H,69,78);1H;/q;;+1/p-1. The predicted octanol–water partition coefficient (Wildman–Crippen LogP) is 4.07. The third kappa shape index (κ3) is 18.8. The molecule has 18 nitrogen and oxygen atoms in total. The topological polar surface area (TPSA) is 204 Å². The molecular weight excluding hydrogens is 1130 g/mol. The van der Waals surface area contributed by atoms with Crippen molar-refractivity contribution in [2.75, 3.05) is 75.0 Å². The van der Waals surface area contributed by atoms with E-state index in [0.717, 1.165) is 0 Å². The van der Waals surface area contributed by atoms with Gasteiger partial charge in [-0.2, -0.15) is 0 Å². The van der Waals surface area contributed by atoms with Gasteiger partial charge in [-0.15, -0.1) is 0 Å². The average molecular weight is 1200 g/mol. The SMILES string of the molecule is CCN(CC)C(=O)COc1c2cc(C(=O)Nc3ccc(F)cc3)cc1COCc1cc(C(=O)Nc3ccc(F)cc3)cc(c1OCC(=O)N(CC)CC)COCc1cc(C(=O)Nc3ccc(F)cc3)cc(c1OCC(=O)N(CC)CC)COC2.[Cl-].[Li+]. The third-order valence-electron chi connectivity index (χ3n) is 13.7. The second-order valence-corrected chi connectivity index (χ2v) is 19.3. The molecule has 7 rings (SSSR count). The quantitative estimate of drug-likeness (QED) is 0.0874. The number of anilines is 3. The summed E-state index contributed by atoms with van der Waals surface area (Å²) in [6, 6.07) is 24.6. The van der Waals surface area contributed by atoms with Crippen LogP contribution in [0.5, 0.6) is 17.2 Å². The van der Waals surface area contributed by atoms with Gasteiger partial charge in [-0.25, -0.2) is 13.2 Å². The van der Waals surface area contributed by atoms with E-state index in [9.17, 15) is 41.9 Å². The van der Waals surface area contributed by atoms with E-state index in [4.69, 9.17) is 28.4 Å². The number of hydrogen-bond donors (Lipinski definition) is 3. The average Bonchev–Trinajstić information content (AvgIpc) is 2.41. The van der Waals surface area contributed by atoms with Crippen LogP contribution in [-0.4, -0.2) is 109 Å². The molecule has 3 N–H and O–H groups in total. The molecule has 0 atom stereocenters. The molecule has 1 aliphatic rings. The first-order valence-electron chi connectivity index (χ1n) is 27.7. The summed E-state index contributed by atoms with van der Waals surface area (Å²) in [7, 11) is 0. The molecule has 0 aromatic heterocycles. The van der Waals surface area contributed by atoms with Gasteiger partial charge in [-0.3, -0.25) is 28.8 Å². The smallest absolute Gasteiger partial charge is 1.00 e. The van der Waals surface area contributed by atoms with E-state index in [1.165, 1.54) is 109 Å². The number of likely N-dealkylation sites (N-methyl/N-ethyl adjacent to an activating group) is 3. The number of carbonyl (C=O) groups excluding carboxylic acids is 6. The summed E-state index contributed by atoms with van der Waals surface area (Å²) in [5.41, 5.74) is 2.67. The van der Waals surface area contributed by atoms with E-state index in [0.29, 0.717) is 39.3 Å². The van der Waals surface area contributed by atoms with Crippen LogP contribution in [0.2, 0.25) is 0 Å². The molecule has 6 bridgehead atoms. The van der Waals surface area contributed by atoms with Crippen molar-refractivity contribution >= 4 is 52.5 Å². The van der Waals surface area contributed by atoms with Gasteiger partial charge < -0.3 is 71.5 Å². The molecule has 0 saturated heterocycles. The van der Waals surface area contributed by atoms with Crippen LogP contribution >= 0.6 is 0 Å². The van der Waals surface area contributed by atoms with Gasteiger partial charge in [0.25, 0.3) is 35.4 Å². The van der Waals surface area contributed by atoms with E-state index in [1.807, 2.05) is 41.5 Å². The van der Waals surface area contributed by atoms with Gasteiger partial charge in [0.05, 0.1) is 39.6 Å². The summed E-state index contributed by atoms with van der Waals surface area (Å²) in [6.07, 6.45) is 0. The number of halogens is 4. The summed E-state index contributed by atoms with van der Waals surface area (Å²) < 4.78 is 80.8. The molecule has 452 valence electrons. The Morgan fingerprint density at radius 1 is 0.384 bits per heavy atom. The minimum Gasteiger partial charge on any atom is -1.00 e. The van der Waals surface area contributed by atoms with Crippen molar-refractivity contribution in [3.63, 3.8) is 0 Å². The van der Waals surface area contributed by atoms with E-state index in [1.54, 1.807) is 14.7 Å². The number of nitrogens with one attached hydrogen (secondary N) is 3. The summed E-state index contributed by atoms with van der Waals surface area (Å²) >= 11 is 0. The molecular formula is C63H69ClF3LiN6O12. The zero-order valence-electron chi connectivity index (χ0n) is 49.3. The zero-order valence-corrected chi connectivity index (χ0v) is 50.0. The molecule has 0 radical (unpaired) electrons. The van der Waals surface area contributed by atoms with Gasteiger partial charge in [-0.05, 0) is 151 Å². The van der Waals surface area contributed by atoms with Gasteiger partial charge in [0.15, 0.2) is 19.8 Å². The second-order valence-electron chi connectivity index (χ2n) is 19.3. The number of fused-ring (bicyclic) bond motifs is 6. The Hall–Kier alpha value is -7.90. The van der Waals surface area contributed by atoms with Crippen LogP contribution in [0, 0.1) is 17.5 Å². The Morgan fingerprint density at radius 3 is 0.767 bits per heavy atom. The first-order valence-corrected chi connectivity index (χ1v) is 27.7. The molecule has 6 aromatic rings. The number of carbonyl (C=O) groups is 6. The van der Waals surface area contributed by atoms with Crippen LogP contribution in [0.25, 0.3) is 0 Å². The normalized spacial score (nSPS) is 12.1. The summed E-state index contributed by atoms with van der Waals surface area (Å²) in [5, 5.41) is 8.36. The van der Waals surface area contributed by atoms with Gasteiger partial charge >= 0.3 is 18.9 Å². The van der Waals surface area contributed by atoms with Gasteiger partial charge in [0.2, 0.25) is 0 Å². The molecule has 0 fully saturated rings. The molecule has 86 heavy (non-hydrogen) atoms. The van der Waals surface area contributed by atoms with Crippen molar-refractivity contribution < 1.29 is 102 Å². The van der Waals surface area contributed by atoms with Crippen molar-refractivity contribution in [2.45, 2.75) is 81.2 Å². The Kier molecular flexibility index (Phi) is 27.0. The Labute approximate surface area is 516 Å². The van der Waals surface area contributed by atoms with Gasteiger partial charge in [0, 0.05) is 106 Å². The van der Waals surface area contributed by atoms with Crippen molar-refractivity contribution in [2.24, 2.45) is 0 Å². The molecule has 23 heteroatoms. The maximum atomic E-state index is 14.3. The van der Waals surface area contributed by atoms with Crippen molar-refractivity contribution in [3.05, 3.63) is 177 Å². The zero-order chi connectivity index (χ0) is 60.3. The fourth-order valence-electron chi connectivity index (χ4n) is 9.28. The Balaban J connectivity index is 0.00000675. The monoisotopic (exact) mass is 1200 g/mol. The van der Waals surface area contributed by atoms with Gasteiger partial charge in [0.1, 0.15) is 34.7 Å². The maximum absolute atomic E-state index is 14.3. The largest absolute Gasteiger partial charge is 1.00 e. The molecule has 1 aliphatic heterocycles. The van der Waals surface area contributed by atoms with Crippen LogP contribution in [0.1, 0.15) is 106 Å². The van der Waals surface area contributed by atoms with Crippen LogP contribution in [0.3, 0.4) is 0 Å². The number of amides is 6. The molecule has 0 saturated carbocycles. The number of nitrogens with zero attached hydrogens (tertiary/aromatic N) is 3. The third-order valence-corrected chi connectivity index (χ3v) is 13.7. The molecule has 6 aromatic carbocycles. The van der Waals surface area contributed by atoms with E-state index < -0.39 is 55.0 Å². The second kappa shape index (κ2) is 33.7. The van der Waals surface area contributed by atoms with Crippen molar-refractivity contribution in [1.82, 2.24) is 14.7 Å². The first-order chi connectivity index (χ1) is 40.5. The number of benzene rings is 6. The Bertz CT molecular complexity index is 2880. The van der Waals surface area contributed by atoms with Crippen LogP contribution in [-0.2, 0) is 68.2 Å². The fourth-order valence-corrected chi connectivity index (χ4v) is 9.28. The molecule has 0 spiro atoms. The first kappa shape index (κ1) is 68.9. The maximum Gasteiger partial charge on any atom is 1.00 e. The summed E-state index contributed by atoms with van der Waals surface area (Å²) in [6.45, 7) is 10.2. The fraction of sp³-hybridized carbons (Fsp3) is 0.333. The van der Waals surface area contributed by atoms with E-state index in [-0.39, 0.29) is 173 Å². The summed E-state index contributed by atoms with van der Waals surface area (Å²) in [5.74, 6) is -4.09. The Morgan fingerprint density at radius 2 is 0.581 bits per heavy atom. The molecule has 1 heterocycles. The molecule has 0 aliphatic carbocycles. The minimum atomic E-state index is -0.617. The van der Waals surface area contributed by atoms with Crippen molar-refractivity contribution in [3.8, 4) is 17.2 Å². The van der Waals surface area contributed by atoms with Crippen LogP contribution in [0.15, 0.2) is 109 Å². The van der Waals surface area contributed by atoms with E-state index in [2.05, 4.69) is 16.0 Å². The van der Waals surface area contributed by atoms with Crippen molar-refractivity contribution in [1.29, 1.82) is 0 Å².